The van der Waals surface area contributed by atoms with E-state index in [1.165, 1.54) is 43.4 Å². The summed E-state index contributed by atoms with van der Waals surface area (Å²) in [5, 5.41) is 7.52. The molecule has 0 saturated carbocycles. The minimum Gasteiger partial charge on any atom is -0.497 e. The molecule has 0 fully saturated rings. The highest BCUT2D eigenvalue weighted by Crippen LogP contribution is 2.34. The van der Waals surface area contributed by atoms with Gasteiger partial charge in [0.15, 0.2) is 7.28 Å². The zero-order valence-corrected chi connectivity index (χ0v) is 18.5. The van der Waals surface area contributed by atoms with Crippen molar-refractivity contribution in [3.05, 3.63) is 115 Å². The first-order valence-electron chi connectivity index (χ1n) is 11.2. The summed E-state index contributed by atoms with van der Waals surface area (Å²) >= 11 is 0. The van der Waals surface area contributed by atoms with Crippen LogP contribution in [-0.2, 0) is 0 Å². The zero-order valence-electron chi connectivity index (χ0n) is 18.5. The molecule has 155 valence electrons. The molecular weight excluding hydrogens is 399 g/mol. The second-order valence-corrected chi connectivity index (χ2v) is 8.36. The van der Waals surface area contributed by atoms with E-state index >= 15 is 0 Å². The molecule has 0 unspecified atom stereocenters. The molecule has 0 N–H and O–H groups in total. The monoisotopic (exact) mass is 421 g/mol. The number of ether oxygens (including phenoxy) is 1. The first-order valence-corrected chi connectivity index (χ1v) is 11.2. The standard InChI is InChI=1S/C31H22BO/c1-33-30-18-17-21-9-2-5-14-26(21)31(30)32-24-12-8-11-22(19-24)29-20-23-10-3-4-13-25(23)27-15-6-7-16-28(27)29/h2-20H,1H3. The normalized spacial score (nSPS) is 11.2. The third-order valence-corrected chi connectivity index (χ3v) is 6.43. The van der Waals surface area contributed by atoms with Crippen molar-refractivity contribution in [3.63, 3.8) is 0 Å². The molecule has 6 aromatic rings. The van der Waals surface area contributed by atoms with Crippen LogP contribution in [0.4, 0.5) is 0 Å². The first kappa shape index (κ1) is 19.6. The Morgan fingerprint density at radius 2 is 1.24 bits per heavy atom. The number of rotatable bonds is 4. The number of fused-ring (bicyclic) bond motifs is 4. The van der Waals surface area contributed by atoms with Crippen LogP contribution in [0.3, 0.4) is 0 Å². The Bertz CT molecular complexity index is 1630. The second kappa shape index (κ2) is 8.14. The number of hydrogen-bond acceptors (Lipinski definition) is 1. The fourth-order valence-electron chi connectivity index (χ4n) is 4.86. The van der Waals surface area contributed by atoms with Gasteiger partial charge in [-0.2, -0.15) is 0 Å². The fraction of sp³-hybridized carbons (Fsp3) is 0.0323. The van der Waals surface area contributed by atoms with Gasteiger partial charge in [-0.25, -0.2) is 0 Å². The van der Waals surface area contributed by atoms with E-state index in [-0.39, 0.29) is 0 Å². The average molecular weight is 421 g/mol. The predicted molar refractivity (Wildman–Crippen MR) is 142 cm³/mol. The largest absolute Gasteiger partial charge is 0.497 e. The Kier molecular flexibility index (Phi) is 4.85. The third kappa shape index (κ3) is 3.45. The lowest BCUT2D eigenvalue weighted by Gasteiger charge is -2.14. The van der Waals surface area contributed by atoms with Crippen molar-refractivity contribution in [2.24, 2.45) is 0 Å². The quantitative estimate of drug-likeness (QED) is 0.234. The van der Waals surface area contributed by atoms with Crippen LogP contribution in [0.5, 0.6) is 5.75 Å². The second-order valence-electron chi connectivity index (χ2n) is 8.36. The summed E-state index contributed by atoms with van der Waals surface area (Å²) in [6.07, 6.45) is 0. The number of hydrogen-bond donors (Lipinski definition) is 0. The Labute approximate surface area is 194 Å². The van der Waals surface area contributed by atoms with Crippen molar-refractivity contribution in [2.45, 2.75) is 0 Å². The van der Waals surface area contributed by atoms with E-state index in [1.807, 2.05) is 0 Å². The molecule has 0 aliphatic heterocycles. The summed E-state index contributed by atoms with van der Waals surface area (Å²) in [6.45, 7) is 0. The van der Waals surface area contributed by atoms with Gasteiger partial charge in [0.25, 0.3) is 0 Å². The van der Waals surface area contributed by atoms with Gasteiger partial charge in [0.05, 0.1) is 7.11 Å². The minimum absolute atomic E-state index is 0.884. The lowest BCUT2D eigenvalue weighted by Crippen LogP contribution is -2.29. The van der Waals surface area contributed by atoms with E-state index in [9.17, 15) is 0 Å². The molecule has 0 saturated heterocycles. The Morgan fingerprint density at radius 1 is 0.545 bits per heavy atom. The topological polar surface area (TPSA) is 9.23 Å². The molecule has 0 heterocycles. The van der Waals surface area contributed by atoms with Gasteiger partial charge in [0, 0.05) is 0 Å². The van der Waals surface area contributed by atoms with E-state index in [1.54, 1.807) is 7.11 Å². The van der Waals surface area contributed by atoms with E-state index in [4.69, 9.17) is 4.74 Å². The molecule has 33 heavy (non-hydrogen) atoms. The first-order chi connectivity index (χ1) is 16.3. The molecule has 0 bridgehead atoms. The van der Waals surface area contributed by atoms with Crippen molar-refractivity contribution >= 4 is 50.5 Å². The van der Waals surface area contributed by atoms with E-state index in [0.29, 0.717) is 0 Å². The van der Waals surface area contributed by atoms with Gasteiger partial charge in [-0.3, -0.25) is 0 Å². The summed E-state index contributed by atoms with van der Waals surface area (Å²) in [5.41, 5.74) is 4.73. The van der Waals surface area contributed by atoms with Crippen molar-refractivity contribution in [1.82, 2.24) is 0 Å². The summed E-state index contributed by atoms with van der Waals surface area (Å²) in [7, 11) is 3.97. The van der Waals surface area contributed by atoms with Crippen LogP contribution in [0.1, 0.15) is 0 Å². The molecule has 0 aliphatic rings. The van der Waals surface area contributed by atoms with Gasteiger partial charge >= 0.3 is 0 Å². The molecular formula is C31H22BO. The summed E-state index contributed by atoms with van der Waals surface area (Å²) < 4.78 is 5.72. The molecule has 0 amide bonds. The number of benzene rings is 6. The van der Waals surface area contributed by atoms with Crippen LogP contribution in [0.2, 0.25) is 0 Å². The van der Waals surface area contributed by atoms with Gasteiger partial charge in [0.1, 0.15) is 5.75 Å². The zero-order chi connectivity index (χ0) is 22.2. The van der Waals surface area contributed by atoms with E-state index < -0.39 is 0 Å². The number of methoxy groups -OCH3 is 1. The Hall–Kier alpha value is -4.04. The SMILES string of the molecule is COc1ccc2ccccc2c1[B]c1cccc(-c2cc3ccccc3c3ccccc23)c1. The Balaban J connectivity index is 1.51. The minimum atomic E-state index is 0.884. The van der Waals surface area contributed by atoms with Crippen LogP contribution >= 0.6 is 0 Å². The van der Waals surface area contributed by atoms with Gasteiger partial charge in [-0.15, -0.1) is 0 Å². The van der Waals surface area contributed by atoms with E-state index in [2.05, 4.69) is 123 Å². The van der Waals surface area contributed by atoms with Crippen molar-refractivity contribution in [3.8, 4) is 16.9 Å². The smallest absolute Gasteiger partial charge is 0.197 e. The molecule has 0 spiro atoms. The van der Waals surface area contributed by atoms with Gasteiger partial charge in [-0.05, 0) is 61.0 Å². The van der Waals surface area contributed by atoms with Crippen molar-refractivity contribution in [2.75, 3.05) is 7.11 Å². The van der Waals surface area contributed by atoms with Crippen LogP contribution < -0.4 is 15.7 Å². The molecule has 0 atom stereocenters. The highest BCUT2D eigenvalue weighted by molar-refractivity contribution is 6.70. The summed E-state index contributed by atoms with van der Waals surface area (Å²) in [6, 6.07) is 41.0. The average Bonchev–Trinajstić information content (AvgIpc) is 2.88. The molecule has 1 radical (unpaired) electrons. The summed E-state index contributed by atoms with van der Waals surface area (Å²) in [5.74, 6) is 0.884. The maximum Gasteiger partial charge on any atom is 0.197 e. The predicted octanol–water partition coefficient (Wildman–Crippen LogP) is 6.48. The van der Waals surface area contributed by atoms with Crippen LogP contribution in [0.25, 0.3) is 43.4 Å². The molecule has 6 rings (SSSR count). The van der Waals surface area contributed by atoms with E-state index in [0.717, 1.165) is 16.7 Å². The molecule has 2 heteroatoms. The van der Waals surface area contributed by atoms with Crippen LogP contribution in [0.15, 0.2) is 115 Å². The van der Waals surface area contributed by atoms with Gasteiger partial charge in [-0.1, -0.05) is 109 Å². The van der Waals surface area contributed by atoms with Gasteiger partial charge in [0.2, 0.25) is 0 Å². The lowest BCUT2D eigenvalue weighted by atomic mass is 9.62. The maximum absolute atomic E-state index is 5.72. The fourth-order valence-corrected chi connectivity index (χ4v) is 4.86. The van der Waals surface area contributed by atoms with Crippen LogP contribution in [0, 0.1) is 0 Å². The molecule has 0 aliphatic carbocycles. The molecule has 1 nitrogen and oxygen atoms in total. The van der Waals surface area contributed by atoms with Crippen LogP contribution in [-0.4, -0.2) is 14.4 Å². The highest BCUT2D eigenvalue weighted by atomic mass is 16.5. The van der Waals surface area contributed by atoms with Crippen molar-refractivity contribution < 1.29 is 4.74 Å². The van der Waals surface area contributed by atoms with Gasteiger partial charge < -0.3 is 4.74 Å². The Morgan fingerprint density at radius 3 is 2.06 bits per heavy atom. The van der Waals surface area contributed by atoms with Crippen molar-refractivity contribution in [1.29, 1.82) is 0 Å². The third-order valence-electron chi connectivity index (χ3n) is 6.43. The molecule has 0 aromatic heterocycles. The highest BCUT2D eigenvalue weighted by Gasteiger charge is 2.13. The maximum atomic E-state index is 5.72. The lowest BCUT2D eigenvalue weighted by molar-refractivity contribution is 0.418. The summed E-state index contributed by atoms with van der Waals surface area (Å²) in [4.78, 5) is 0. The molecule has 6 aromatic carbocycles.